The molecule has 0 amide bonds. The molecule has 0 aromatic carbocycles. The smallest absolute Gasteiger partial charge is 0.318 e. The van der Waals surface area contributed by atoms with Crippen molar-refractivity contribution >= 4 is 5.97 Å². The van der Waals surface area contributed by atoms with Crippen LogP contribution in [0, 0.1) is 46.8 Å². The molecule has 3 nitrogen and oxygen atoms in total. The van der Waals surface area contributed by atoms with E-state index in [0.29, 0.717) is 29.6 Å². The van der Waals surface area contributed by atoms with Gasteiger partial charge in [-0.1, -0.05) is 38.8 Å². The summed E-state index contributed by atoms with van der Waals surface area (Å²) in [5.41, 5.74) is 0.905. The van der Waals surface area contributed by atoms with Crippen molar-refractivity contribution in [3.05, 3.63) is 11.6 Å². The topological polar surface area (TPSA) is 46.5 Å². The highest BCUT2D eigenvalue weighted by atomic mass is 16.6. The van der Waals surface area contributed by atoms with Gasteiger partial charge in [0.15, 0.2) is 6.79 Å². The Labute approximate surface area is 133 Å². The van der Waals surface area contributed by atoms with Crippen LogP contribution in [0.15, 0.2) is 11.6 Å². The first-order valence-electron chi connectivity index (χ1n) is 9.02. The largest absolute Gasteiger partial charge is 0.438 e. The minimum Gasteiger partial charge on any atom is -0.438 e. The van der Waals surface area contributed by atoms with Crippen molar-refractivity contribution in [1.29, 1.82) is 0 Å². The molecule has 0 aromatic heterocycles. The lowest BCUT2D eigenvalue weighted by molar-refractivity contribution is -0.172. The number of rotatable bonds is 3. The molecule has 122 valence electrons. The first kappa shape index (κ1) is 14.7. The quantitative estimate of drug-likeness (QED) is 0.494. The van der Waals surface area contributed by atoms with Gasteiger partial charge in [-0.3, -0.25) is 4.79 Å². The third-order valence-electron chi connectivity index (χ3n) is 7.52. The van der Waals surface area contributed by atoms with Crippen LogP contribution < -0.4 is 0 Å². The Morgan fingerprint density at radius 2 is 2.09 bits per heavy atom. The summed E-state index contributed by atoms with van der Waals surface area (Å²) in [6.07, 6.45) is 7.33. The predicted molar refractivity (Wildman–Crippen MR) is 83.6 cm³/mol. The van der Waals surface area contributed by atoms with Crippen LogP contribution in [0.2, 0.25) is 0 Å². The lowest BCUT2D eigenvalue weighted by atomic mass is 9.54. The fourth-order valence-corrected chi connectivity index (χ4v) is 6.88. The van der Waals surface area contributed by atoms with E-state index in [0.717, 1.165) is 18.3 Å². The van der Waals surface area contributed by atoms with E-state index in [1.807, 2.05) is 0 Å². The minimum atomic E-state index is -0.486. The normalized spacial score (nSPS) is 48.5. The van der Waals surface area contributed by atoms with E-state index in [-0.39, 0.29) is 5.97 Å². The summed E-state index contributed by atoms with van der Waals surface area (Å²) in [6.45, 7) is 6.31. The maximum absolute atomic E-state index is 13.0. The van der Waals surface area contributed by atoms with Crippen molar-refractivity contribution in [2.75, 3.05) is 6.79 Å². The average molecular weight is 304 g/mol. The Morgan fingerprint density at radius 1 is 1.32 bits per heavy atom. The monoisotopic (exact) mass is 304 g/mol. The molecule has 1 N–H and O–H groups in total. The summed E-state index contributed by atoms with van der Waals surface area (Å²) in [5, 5.41) is 9.18. The second-order valence-electron chi connectivity index (χ2n) is 8.44. The molecule has 3 fully saturated rings. The van der Waals surface area contributed by atoms with Crippen molar-refractivity contribution < 1.29 is 14.6 Å². The van der Waals surface area contributed by atoms with Gasteiger partial charge in [0.25, 0.3) is 0 Å². The Morgan fingerprint density at radius 3 is 2.77 bits per heavy atom. The number of fused-ring (bicyclic) bond motifs is 2. The number of carbonyl (C=O) groups excluding carboxylic acids is 1. The number of aliphatic hydroxyl groups is 1. The van der Waals surface area contributed by atoms with Gasteiger partial charge >= 0.3 is 5.97 Å². The van der Waals surface area contributed by atoms with Crippen molar-refractivity contribution in [3.8, 4) is 0 Å². The molecule has 4 bridgehead atoms. The number of esters is 1. The molecule has 3 heteroatoms. The van der Waals surface area contributed by atoms with E-state index in [4.69, 9.17) is 4.74 Å². The number of aliphatic hydroxyl groups excluding tert-OH is 1. The van der Waals surface area contributed by atoms with Crippen LogP contribution in [0.3, 0.4) is 0 Å². The summed E-state index contributed by atoms with van der Waals surface area (Å²) < 4.78 is 5.21. The molecule has 0 radical (unpaired) electrons. The fourth-order valence-electron chi connectivity index (χ4n) is 6.88. The molecule has 0 aliphatic heterocycles. The maximum Gasteiger partial charge on any atom is 0.318 e. The van der Waals surface area contributed by atoms with E-state index in [1.54, 1.807) is 0 Å². The van der Waals surface area contributed by atoms with E-state index in [9.17, 15) is 9.90 Å². The van der Waals surface area contributed by atoms with Crippen molar-refractivity contribution in [2.24, 2.45) is 46.8 Å². The molecular weight excluding hydrogens is 276 g/mol. The Kier molecular flexibility index (Phi) is 3.24. The van der Waals surface area contributed by atoms with Gasteiger partial charge in [-0.05, 0) is 60.7 Å². The zero-order valence-electron chi connectivity index (χ0n) is 13.9. The number of carbonyl (C=O) groups is 1. The predicted octanol–water partition coefficient (Wildman–Crippen LogP) is 3.38. The van der Waals surface area contributed by atoms with Crippen LogP contribution in [0.4, 0.5) is 0 Å². The van der Waals surface area contributed by atoms with E-state index in [2.05, 4.69) is 26.8 Å². The SMILES string of the molecule is CC(C)C1=CC2CC3C4CCC(C)C4CC2C13C(=O)OCO. The third-order valence-corrected chi connectivity index (χ3v) is 7.52. The van der Waals surface area contributed by atoms with Crippen LogP contribution in [0.25, 0.3) is 0 Å². The van der Waals surface area contributed by atoms with E-state index < -0.39 is 12.2 Å². The van der Waals surface area contributed by atoms with E-state index in [1.165, 1.54) is 24.8 Å². The first-order chi connectivity index (χ1) is 10.5. The fraction of sp³-hybridized carbons (Fsp3) is 0.842. The number of allylic oxidation sites excluding steroid dienone is 1. The van der Waals surface area contributed by atoms with Crippen LogP contribution in [-0.4, -0.2) is 17.9 Å². The molecule has 0 aromatic rings. The van der Waals surface area contributed by atoms with Gasteiger partial charge in [0.05, 0.1) is 5.41 Å². The minimum absolute atomic E-state index is 0.136. The zero-order valence-corrected chi connectivity index (χ0v) is 13.9. The van der Waals surface area contributed by atoms with Crippen molar-refractivity contribution in [1.82, 2.24) is 0 Å². The summed E-state index contributed by atoms with van der Waals surface area (Å²) >= 11 is 0. The molecule has 0 heterocycles. The Bertz CT molecular complexity index is 523. The molecule has 0 saturated heterocycles. The number of hydrogen-bond acceptors (Lipinski definition) is 3. The molecule has 4 rings (SSSR count). The zero-order chi connectivity index (χ0) is 15.6. The molecule has 7 unspecified atom stereocenters. The second kappa shape index (κ2) is 4.83. The van der Waals surface area contributed by atoms with Gasteiger partial charge < -0.3 is 9.84 Å². The van der Waals surface area contributed by atoms with Crippen LogP contribution >= 0.6 is 0 Å². The first-order valence-corrected chi connectivity index (χ1v) is 9.02. The van der Waals surface area contributed by atoms with Crippen LogP contribution in [-0.2, 0) is 9.53 Å². The highest BCUT2D eigenvalue weighted by Gasteiger charge is 2.71. The molecule has 7 atom stereocenters. The van der Waals surface area contributed by atoms with Crippen molar-refractivity contribution in [3.63, 3.8) is 0 Å². The summed E-state index contributed by atoms with van der Waals surface area (Å²) in [6, 6.07) is 0. The molecule has 22 heavy (non-hydrogen) atoms. The van der Waals surface area contributed by atoms with Crippen molar-refractivity contribution in [2.45, 2.75) is 46.5 Å². The van der Waals surface area contributed by atoms with Gasteiger partial charge in [0, 0.05) is 0 Å². The standard InChI is InChI=1S/C19H28O3/c1-10(2)15-6-12-7-17-13-5-4-11(3)14(13)8-16(12)19(15,17)18(21)22-9-20/h6,10-14,16-17,20H,4-5,7-9H2,1-3H3. The van der Waals surface area contributed by atoms with Crippen LogP contribution in [0.1, 0.15) is 46.5 Å². The average Bonchev–Trinajstić information content (AvgIpc) is 3.08. The number of hydrogen-bond donors (Lipinski definition) is 1. The molecular formula is C19H28O3. The highest BCUT2D eigenvalue weighted by molar-refractivity contribution is 5.84. The Balaban J connectivity index is 1.79. The van der Waals surface area contributed by atoms with Gasteiger partial charge in [0.1, 0.15) is 0 Å². The van der Waals surface area contributed by atoms with Crippen LogP contribution in [0.5, 0.6) is 0 Å². The summed E-state index contributed by atoms with van der Waals surface area (Å²) in [7, 11) is 0. The third kappa shape index (κ3) is 1.59. The summed E-state index contributed by atoms with van der Waals surface area (Å²) in [5.74, 6) is 3.98. The molecule has 4 aliphatic carbocycles. The molecule has 0 spiro atoms. The Hall–Kier alpha value is -0.830. The van der Waals surface area contributed by atoms with Gasteiger partial charge in [-0.25, -0.2) is 0 Å². The molecule has 4 aliphatic rings. The second-order valence-corrected chi connectivity index (χ2v) is 8.44. The lowest BCUT2D eigenvalue weighted by Crippen LogP contribution is -2.50. The number of ether oxygens (including phenoxy) is 1. The van der Waals surface area contributed by atoms with Gasteiger partial charge in [0.2, 0.25) is 0 Å². The highest BCUT2D eigenvalue weighted by Crippen LogP contribution is 2.72. The van der Waals surface area contributed by atoms with E-state index >= 15 is 0 Å². The molecule has 3 saturated carbocycles. The van der Waals surface area contributed by atoms with Gasteiger partial charge in [-0.2, -0.15) is 0 Å². The summed E-state index contributed by atoms with van der Waals surface area (Å²) in [4.78, 5) is 13.0. The lowest BCUT2D eigenvalue weighted by Gasteiger charge is -2.48. The van der Waals surface area contributed by atoms with Gasteiger partial charge in [-0.15, -0.1) is 0 Å². The maximum atomic E-state index is 13.0.